The molecule has 4 rings (SSSR count). The predicted molar refractivity (Wildman–Crippen MR) is 106 cm³/mol. The van der Waals surface area contributed by atoms with E-state index >= 15 is 0 Å². The Kier molecular flexibility index (Phi) is 5.04. The van der Waals surface area contributed by atoms with Crippen LogP contribution in [0.25, 0.3) is 6.08 Å². The Morgan fingerprint density at radius 3 is 2.81 bits per heavy atom. The van der Waals surface area contributed by atoms with E-state index in [1.807, 2.05) is 41.8 Å². The highest BCUT2D eigenvalue weighted by molar-refractivity contribution is 7.16. The summed E-state index contributed by atoms with van der Waals surface area (Å²) < 4.78 is 10.6. The number of hydrogen-bond donors (Lipinski definition) is 1. The van der Waals surface area contributed by atoms with Crippen LogP contribution in [0, 0.1) is 0 Å². The highest BCUT2D eigenvalue weighted by atomic mass is 32.1. The van der Waals surface area contributed by atoms with Crippen molar-refractivity contribution in [3.63, 3.8) is 0 Å². The lowest BCUT2D eigenvalue weighted by atomic mass is 10.2. The fourth-order valence-corrected chi connectivity index (χ4v) is 4.19. The molecule has 0 bridgehead atoms. The van der Waals surface area contributed by atoms with E-state index in [1.165, 1.54) is 28.7 Å². The molecule has 3 aromatic rings. The van der Waals surface area contributed by atoms with E-state index in [-0.39, 0.29) is 18.5 Å². The fraction of sp³-hybridized carbons (Fsp3) is 0.100. The quantitative estimate of drug-likeness (QED) is 0.502. The van der Waals surface area contributed by atoms with Crippen molar-refractivity contribution in [2.45, 2.75) is 6.54 Å². The molecule has 0 saturated carbocycles. The molecule has 1 N–H and O–H groups in total. The van der Waals surface area contributed by atoms with Crippen molar-refractivity contribution < 1.29 is 19.1 Å². The summed E-state index contributed by atoms with van der Waals surface area (Å²) in [6.07, 6.45) is 3.19. The van der Waals surface area contributed by atoms with Gasteiger partial charge in [-0.3, -0.25) is 9.59 Å². The topological polar surface area (TPSA) is 64.6 Å². The maximum absolute atomic E-state index is 12.3. The van der Waals surface area contributed by atoms with Crippen molar-refractivity contribution in [1.29, 1.82) is 0 Å². The molecular weight excluding hydrogens is 382 g/mol. The van der Waals surface area contributed by atoms with Crippen molar-refractivity contribution >= 4 is 40.4 Å². The van der Waals surface area contributed by atoms with E-state index < -0.39 is 0 Å². The number of amides is 1. The lowest BCUT2D eigenvalue weighted by molar-refractivity contribution is -0.116. The molecule has 136 valence electrons. The van der Waals surface area contributed by atoms with Crippen LogP contribution in [0.1, 0.15) is 25.0 Å². The molecule has 0 aliphatic carbocycles. The zero-order valence-electron chi connectivity index (χ0n) is 14.1. The number of nitrogens with one attached hydrogen (secondary N) is 1. The number of rotatable bonds is 6. The van der Waals surface area contributed by atoms with Gasteiger partial charge < -0.3 is 14.8 Å². The molecule has 1 amide bonds. The molecule has 1 aliphatic rings. The van der Waals surface area contributed by atoms with Gasteiger partial charge in [0, 0.05) is 11.0 Å². The second kappa shape index (κ2) is 7.77. The Morgan fingerprint density at radius 2 is 1.96 bits per heavy atom. The minimum Gasteiger partial charge on any atom is -0.454 e. The SMILES string of the molecule is O=C(/C=C/c1ccc2c(c1)OCO2)NCc1ccc(C(=O)c2cccs2)s1. The second-order valence-corrected chi connectivity index (χ2v) is 7.85. The van der Waals surface area contributed by atoms with Gasteiger partial charge in [0.15, 0.2) is 11.5 Å². The third-order valence-electron chi connectivity index (χ3n) is 3.89. The van der Waals surface area contributed by atoms with Crippen molar-refractivity contribution in [3.8, 4) is 11.5 Å². The van der Waals surface area contributed by atoms with E-state index in [0.717, 1.165) is 15.3 Å². The molecule has 1 aliphatic heterocycles. The first-order valence-corrected chi connectivity index (χ1v) is 9.91. The first-order chi connectivity index (χ1) is 13.2. The lowest BCUT2D eigenvalue weighted by Crippen LogP contribution is -2.19. The van der Waals surface area contributed by atoms with Gasteiger partial charge in [-0.15, -0.1) is 22.7 Å². The zero-order chi connectivity index (χ0) is 18.6. The summed E-state index contributed by atoms with van der Waals surface area (Å²) >= 11 is 2.82. The number of hydrogen-bond acceptors (Lipinski definition) is 6. The summed E-state index contributed by atoms with van der Waals surface area (Å²) in [6.45, 7) is 0.605. The second-order valence-electron chi connectivity index (χ2n) is 5.74. The van der Waals surface area contributed by atoms with E-state index in [4.69, 9.17) is 9.47 Å². The predicted octanol–water partition coefficient (Wildman–Crippen LogP) is 4.10. The number of benzene rings is 1. The van der Waals surface area contributed by atoms with Gasteiger partial charge in [0.05, 0.1) is 16.3 Å². The average Bonchev–Trinajstić information content (AvgIpc) is 3.45. The summed E-state index contributed by atoms with van der Waals surface area (Å²) in [5.41, 5.74) is 0.856. The summed E-state index contributed by atoms with van der Waals surface area (Å²) in [6, 6.07) is 12.8. The Morgan fingerprint density at radius 1 is 1.07 bits per heavy atom. The van der Waals surface area contributed by atoms with Gasteiger partial charge >= 0.3 is 0 Å². The first-order valence-electron chi connectivity index (χ1n) is 8.21. The standard InChI is InChI=1S/C20H15NO4S2/c22-19(8-4-13-3-6-15-16(10-13)25-12-24-15)21-11-14-5-7-18(27-14)20(23)17-2-1-9-26-17/h1-10H,11-12H2,(H,21,22)/b8-4+. The molecule has 7 heteroatoms. The molecule has 1 aromatic carbocycles. The van der Waals surface area contributed by atoms with Crippen molar-refractivity contribution in [2.24, 2.45) is 0 Å². The molecule has 0 radical (unpaired) electrons. The van der Waals surface area contributed by atoms with E-state index in [0.29, 0.717) is 22.9 Å². The maximum Gasteiger partial charge on any atom is 0.244 e. The van der Waals surface area contributed by atoms with Gasteiger partial charge in [0.2, 0.25) is 18.5 Å². The van der Waals surface area contributed by atoms with Gasteiger partial charge in [0.25, 0.3) is 0 Å². The van der Waals surface area contributed by atoms with Crippen LogP contribution in [-0.2, 0) is 11.3 Å². The summed E-state index contributed by atoms with van der Waals surface area (Å²) in [7, 11) is 0. The van der Waals surface area contributed by atoms with Crippen LogP contribution in [0.3, 0.4) is 0 Å². The van der Waals surface area contributed by atoms with Crippen molar-refractivity contribution in [2.75, 3.05) is 6.79 Å². The highest BCUT2D eigenvalue weighted by Gasteiger charge is 2.13. The molecule has 0 saturated heterocycles. The third kappa shape index (κ3) is 4.10. The maximum atomic E-state index is 12.3. The van der Waals surface area contributed by atoms with Crippen molar-refractivity contribution in [1.82, 2.24) is 5.32 Å². The number of ketones is 1. The summed E-state index contributed by atoms with van der Waals surface area (Å²) in [4.78, 5) is 26.7. The minimum absolute atomic E-state index is 0.0234. The Hall–Kier alpha value is -2.90. The normalized spacial score (nSPS) is 12.4. The monoisotopic (exact) mass is 397 g/mol. The van der Waals surface area contributed by atoms with E-state index in [1.54, 1.807) is 12.1 Å². The van der Waals surface area contributed by atoms with E-state index in [9.17, 15) is 9.59 Å². The molecule has 0 atom stereocenters. The Bertz CT molecular complexity index is 1000. The van der Waals surface area contributed by atoms with Crippen LogP contribution < -0.4 is 14.8 Å². The van der Waals surface area contributed by atoms with Crippen LogP contribution in [-0.4, -0.2) is 18.5 Å². The summed E-state index contributed by atoms with van der Waals surface area (Å²) in [5, 5.41) is 4.71. The third-order valence-corrected chi connectivity index (χ3v) is 5.84. The number of carbonyl (C=O) groups excluding carboxylic acids is 2. The number of thiophene rings is 2. The minimum atomic E-state index is -0.202. The van der Waals surface area contributed by atoms with Gasteiger partial charge in [-0.25, -0.2) is 0 Å². The zero-order valence-corrected chi connectivity index (χ0v) is 15.8. The van der Waals surface area contributed by atoms with Crippen LogP contribution >= 0.6 is 22.7 Å². The van der Waals surface area contributed by atoms with Crippen LogP contribution in [0.2, 0.25) is 0 Å². The molecular formula is C20H15NO4S2. The van der Waals surface area contributed by atoms with Gasteiger partial charge in [-0.2, -0.15) is 0 Å². The smallest absolute Gasteiger partial charge is 0.244 e. The van der Waals surface area contributed by atoms with Crippen LogP contribution in [0.15, 0.2) is 53.9 Å². The Balaban J connectivity index is 1.32. The van der Waals surface area contributed by atoms with Gasteiger partial charge in [-0.05, 0) is 47.4 Å². The molecule has 0 unspecified atom stereocenters. The van der Waals surface area contributed by atoms with Gasteiger partial charge in [0.1, 0.15) is 0 Å². The average molecular weight is 397 g/mol. The highest BCUT2D eigenvalue weighted by Crippen LogP contribution is 2.32. The molecule has 5 nitrogen and oxygen atoms in total. The van der Waals surface area contributed by atoms with Gasteiger partial charge in [-0.1, -0.05) is 12.1 Å². The molecule has 3 heterocycles. The molecule has 2 aromatic heterocycles. The van der Waals surface area contributed by atoms with Crippen LogP contribution in [0.5, 0.6) is 11.5 Å². The number of carbonyl (C=O) groups is 2. The molecule has 27 heavy (non-hydrogen) atoms. The number of fused-ring (bicyclic) bond motifs is 1. The van der Waals surface area contributed by atoms with E-state index in [2.05, 4.69) is 5.32 Å². The first kappa shape index (κ1) is 17.5. The number of ether oxygens (including phenoxy) is 2. The Labute approximate surface area is 163 Å². The summed E-state index contributed by atoms with van der Waals surface area (Å²) in [5.74, 6) is 1.21. The molecule has 0 fully saturated rings. The van der Waals surface area contributed by atoms with Crippen LogP contribution in [0.4, 0.5) is 0 Å². The largest absolute Gasteiger partial charge is 0.454 e. The van der Waals surface area contributed by atoms with Crippen molar-refractivity contribution in [3.05, 3.63) is 74.1 Å². The lowest BCUT2D eigenvalue weighted by Gasteiger charge is -2.00. The fourth-order valence-electron chi connectivity index (χ4n) is 2.55. The molecule has 0 spiro atoms.